The number of hydrogen-bond donors (Lipinski definition) is 4. The van der Waals surface area contributed by atoms with Crippen LogP contribution in [0.25, 0.3) is 22.3 Å². The number of carbonyl (C=O) groups excluding carboxylic acids is 1. The Kier molecular flexibility index (Phi) is 5.01. The smallest absolute Gasteiger partial charge is 0.312 e. The monoisotopic (exact) mass is 480 g/mol. The molecule has 10 heteroatoms. The highest BCUT2D eigenvalue weighted by Crippen LogP contribution is 2.48. The van der Waals surface area contributed by atoms with Crippen molar-refractivity contribution in [2.45, 2.75) is 12.3 Å². The molecule has 4 N–H and O–H groups in total. The number of carbonyl (C=O) groups is 1. The largest absolute Gasteiger partial charge is 0.507 e. The molecule has 1 aromatic heterocycles. The van der Waals surface area contributed by atoms with Crippen LogP contribution in [0.15, 0.2) is 51.7 Å². The van der Waals surface area contributed by atoms with Crippen molar-refractivity contribution in [1.82, 2.24) is 0 Å². The molecule has 4 aromatic rings. The average molecular weight is 480 g/mol. The molecule has 0 spiro atoms. The lowest BCUT2D eigenvalue weighted by Gasteiger charge is -2.26. The molecule has 2 heterocycles. The van der Waals surface area contributed by atoms with Gasteiger partial charge in [-0.2, -0.15) is 0 Å². The van der Waals surface area contributed by atoms with Crippen molar-refractivity contribution in [3.8, 4) is 45.8 Å². The summed E-state index contributed by atoms with van der Waals surface area (Å²) in [6.07, 6.45) is -0.296. The van der Waals surface area contributed by atoms with Crippen molar-refractivity contribution in [1.29, 1.82) is 0 Å². The van der Waals surface area contributed by atoms with Crippen LogP contribution >= 0.6 is 0 Å². The quantitative estimate of drug-likeness (QED) is 0.195. The van der Waals surface area contributed by atoms with Crippen molar-refractivity contribution < 1.29 is 43.5 Å². The van der Waals surface area contributed by atoms with E-state index in [4.69, 9.17) is 13.9 Å². The summed E-state index contributed by atoms with van der Waals surface area (Å²) in [5, 5.41) is 40.1. The Hall–Kier alpha value is -4.73. The van der Waals surface area contributed by atoms with Gasteiger partial charge >= 0.3 is 5.97 Å². The van der Waals surface area contributed by atoms with E-state index < -0.39 is 51.5 Å². The molecule has 0 saturated heterocycles. The lowest BCUT2D eigenvalue weighted by molar-refractivity contribution is -0.135. The van der Waals surface area contributed by atoms with Gasteiger partial charge in [0.2, 0.25) is 11.2 Å². The van der Waals surface area contributed by atoms with Crippen LogP contribution in [0.1, 0.15) is 23.5 Å². The molecule has 3 aromatic carbocycles. The molecule has 9 nitrogen and oxygen atoms in total. The summed E-state index contributed by atoms with van der Waals surface area (Å²) in [5.74, 6) is -5.05. The van der Waals surface area contributed by atoms with Gasteiger partial charge in [-0.1, -0.05) is 6.07 Å². The number of benzene rings is 3. The molecule has 0 aliphatic carbocycles. The van der Waals surface area contributed by atoms with Gasteiger partial charge in [-0.25, -0.2) is 4.39 Å². The summed E-state index contributed by atoms with van der Waals surface area (Å²) in [6.45, 7) is 0. The molecule has 1 aliphatic heterocycles. The molecular formula is C25H17FO9. The van der Waals surface area contributed by atoms with Gasteiger partial charge in [-0.3, -0.25) is 9.59 Å². The number of ether oxygens (including phenoxy) is 2. The second-order valence-corrected chi connectivity index (χ2v) is 7.94. The van der Waals surface area contributed by atoms with E-state index in [-0.39, 0.29) is 46.0 Å². The number of phenols is 3. The molecule has 1 aliphatic rings. The molecule has 0 radical (unpaired) electrons. The highest BCUT2D eigenvalue weighted by molar-refractivity contribution is 5.94. The Balaban J connectivity index is 1.84. The first kappa shape index (κ1) is 22.1. The van der Waals surface area contributed by atoms with E-state index in [2.05, 4.69) is 0 Å². The van der Waals surface area contributed by atoms with Gasteiger partial charge in [0.1, 0.15) is 34.0 Å². The Labute approximate surface area is 195 Å². The lowest BCUT2D eigenvalue weighted by atomic mass is 9.84. The second-order valence-electron chi connectivity index (χ2n) is 7.94. The average Bonchev–Trinajstić information content (AvgIpc) is 2.82. The number of rotatable bonds is 3. The van der Waals surface area contributed by atoms with Crippen LogP contribution in [0.5, 0.6) is 34.5 Å². The van der Waals surface area contributed by atoms with Gasteiger partial charge in [-0.05, 0) is 29.8 Å². The van der Waals surface area contributed by atoms with Crippen LogP contribution in [0.2, 0.25) is 0 Å². The predicted octanol–water partition coefficient (Wildman–Crippen LogP) is 3.87. The van der Waals surface area contributed by atoms with E-state index in [9.17, 15) is 30.0 Å². The van der Waals surface area contributed by atoms with Gasteiger partial charge in [0.15, 0.2) is 17.3 Å². The Morgan fingerprint density at radius 3 is 2.43 bits per heavy atom. The third-order valence-corrected chi connectivity index (χ3v) is 5.89. The van der Waals surface area contributed by atoms with Crippen LogP contribution in [0.3, 0.4) is 0 Å². The second kappa shape index (κ2) is 7.94. The predicted molar refractivity (Wildman–Crippen MR) is 120 cm³/mol. The van der Waals surface area contributed by atoms with E-state index in [0.717, 1.165) is 24.3 Å². The Morgan fingerprint density at radius 2 is 1.74 bits per heavy atom. The van der Waals surface area contributed by atoms with Gasteiger partial charge in [0, 0.05) is 29.2 Å². The van der Waals surface area contributed by atoms with Gasteiger partial charge in [0.25, 0.3) is 0 Å². The number of hydrogen-bond acceptors (Lipinski definition) is 9. The molecule has 5 rings (SSSR count). The fourth-order valence-electron chi connectivity index (χ4n) is 4.22. The van der Waals surface area contributed by atoms with Gasteiger partial charge in [0.05, 0.1) is 13.5 Å². The zero-order valence-corrected chi connectivity index (χ0v) is 18.0. The van der Waals surface area contributed by atoms with E-state index in [1.807, 2.05) is 0 Å². The maximum absolute atomic E-state index is 15.0. The van der Waals surface area contributed by atoms with Crippen molar-refractivity contribution in [3.63, 3.8) is 0 Å². The van der Waals surface area contributed by atoms with E-state index in [0.29, 0.717) is 0 Å². The molecule has 35 heavy (non-hydrogen) atoms. The summed E-state index contributed by atoms with van der Waals surface area (Å²) in [6, 6.07) is 8.59. The minimum absolute atomic E-state index is 0.0360. The Bertz CT molecular complexity index is 1590. The third kappa shape index (κ3) is 3.46. The van der Waals surface area contributed by atoms with Crippen LogP contribution in [0.4, 0.5) is 4.39 Å². The zero-order chi connectivity index (χ0) is 25.0. The highest BCUT2D eigenvalue weighted by Gasteiger charge is 2.35. The van der Waals surface area contributed by atoms with Crippen LogP contribution in [-0.2, 0) is 4.79 Å². The third-order valence-electron chi connectivity index (χ3n) is 5.89. The number of aromatic hydroxyl groups is 4. The molecule has 178 valence electrons. The molecule has 0 fully saturated rings. The number of fused-ring (bicyclic) bond motifs is 3. The van der Waals surface area contributed by atoms with Crippen molar-refractivity contribution in [2.24, 2.45) is 0 Å². The molecule has 0 bridgehead atoms. The van der Waals surface area contributed by atoms with Crippen molar-refractivity contribution in [2.75, 3.05) is 7.11 Å². The molecule has 0 saturated carbocycles. The standard InChI is InChI=1S/C25H17FO9/c1-33-11-3-4-12(14(26)7-11)13-8-19(30)34-18-9-17(29)21-22(31)23(32)24(35-25(21)20(13)18)10-2-5-15(27)16(28)6-10/h2-7,9,13,27-29,32H,8H2,1H3/t13-/m1/s1. The van der Waals surface area contributed by atoms with E-state index in [1.165, 1.54) is 25.3 Å². The number of methoxy groups -OCH3 is 1. The van der Waals surface area contributed by atoms with Crippen LogP contribution in [-0.4, -0.2) is 33.5 Å². The van der Waals surface area contributed by atoms with Gasteiger partial charge in [-0.15, -0.1) is 0 Å². The SMILES string of the molecule is COc1ccc([C@H]2CC(=O)Oc3cc(O)c4c(=O)c(O)c(-c5ccc(O)c(O)c5)oc4c32)c(F)c1. The van der Waals surface area contributed by atoms with Crippen molar-refractivity contribution in [3.05, 3.63) is 69.6 Å². The molecule has 1 atom stereocenters. The number of halogens is 1. The maximum atomic E-state index is 15.0. The van der Waals surface area contributed by atoms with Crippen LogP contribution < -0.4 is 14.9 Å². The minimum Gasteiger partial charge on any atom is -0.507 e. The van der Waals surface area contributed by atoms with Crippen LogP contribution in [0, 0.1) is 5.82 Å². The van der Waals surface area contributed by atoms with E-state index in [1.54, 1.807) is 0 Å². The zero-order valence-electron chi connectivity index (χ0n) is 18.0. The summed E-state index contributed by atoms with van der Waals surface area (Å²) >= 11 is 0. The molecular weight excluding hydrogens is 463 g/mol. The first-order valence-electron chi connectivity index (χ1n) is 10.3. The number of esters is 1. The normalized spacial score (nSPS) is 15.0. The number of phenolic OH excluding ortho intramolecular Hbond substituents is 3. The minimum atomic E-state index is -1.00. The summed E-state index contributed by atoms with van der Waals surface area (Å²) < 4.78 is 31.2. The Morgan fingerprint density at radius 1 is 0.971 bits per heavy atom. The fraction of sp³-hybridized carbons (Fsp3) is 0.120. The topological polar surface area (TPSA) is 147 Å². The summed E-state index contributed by atoms with van der Waals surface area (Å²) in [7, 11) is 1.38. The maximum Gasteiger partial charge on any atom is 0.312 e. The molecule has 0 unspecified atom stereocenters. The highest BCUT2D eigenvalue weighted by atomic mass is 19.1. The fourth-order valence-corrected chi connectivity index (χ4v) is 4.22. The summed E-state index contributed by atoms with van der Waals surface area (Å²) in [4.78, 5) is 25.4. The van der Waals surface area contributed by atoms with E-state index >= 15 is 4.39 Å². The van der Waals surface area contributed by atoms with Gasteiger partial charge < -0.3 is 34.3 Å². The van der Waals surface area contributed by atoms with Crippen molar-refractivity contribution >= 4 is 16.9 Å². The lowest BCUT2D eigenvalue weighted by Crippen LogP contribution is -2.22. The summed E-state index contributed by atoms with van der Waals surface area (Å²) in [5.41, 5.74) is -0.995. The first-order valence-corrected chi connectivity index (χ1v) is 10.3. The first-order chi connectivity index (χ1) is 16.7. The molecule has 0 amide bonds.